The molecule has 2 aromatic rings. The molecule has 1 amide bonds. The van der Waals surface area contributed by atoms with E-state index < -0.39 is 5.97 Å². The second-order valence-corrected chi connectivity index (χ2v) is 7.62. The number of para-hydroxylation sites is 2. The molecule has 0 atom stereocenters. The maximum Gasteiger partial charge on any atom is 0.344 e. The number of carbonyl (C=O) groups excluding carboxylic acids is 2. The standard InChI is InChI=1S/C22H25NO4/c1-22(2,3)17-9-5-7-11-19(17)26-15-21(25)27-14-20(24)23-13-12-16-8-4-6-10-18(16)23/h4-11H,12-15H2,1-3H3. The Bertz CT molecular complexity index is 838. The molecule has 0 aliphatic carbocycles. The van der Waals surface area contributed by atoms with Crippen LogP contribution >= 0.6 is 0 Å². The van der Waals surface area contributed by atoms with E-state index in [1.807, 2.05) is 48.5 Å². The number of esters is 1. The smallest absolute Gasteiger partial charge is 0.344 e. The zero-order valence-electron chi connectivity index (χ0n) is 16.0. The second-order valence-electron chi connectivity index (χ2n) is 7.62. The summed E-state index contributed by atoms with van der Waals surface area (Å²) in [4.78, 5) is 26.1. The summed E-state index contributed by atoms with van der Waals surface area (Å²) in [7, 11) is 0. The number of amides is 1. The number of rotatable bonds is 5. The van der Waals surface area contributed by atoms with E-state index in [2.05, 4.69) is 20.8 Å². The van der Waals surface area contributed by atoms with Crippen molar-refractivity contribution in [2.75, 3.05) is 24.7 Å². The van der Waals surface area contributed by atoms with Gasteiger partial charge in [0.1, 0.15) is 5.75 Å². The van der Waals surface area contributed by atoms with Gasteiger partial charge in [0, 0.05) is 12.2 Å². The SMILES string of the molecule is CC(C)(C)c1ccccc1OCC(=O)OCC(=O)N1CCc2ccccc21. The highest BCUT2D eigenvalue weighted by molar-refractivity contribution is 5.97. The van der Waals surface area contributed by atoms with Gasteiger partial charge in [-0.3, -0.25) is 4.79 Å². The number of ether oxygens (including phenoxy) is 2. The molecule has 0 unspecified atom stereocenters. The van der Waals surface area contributed by atoms with Crippen molar-refractivity contribution in [3.05, 3.63) is 59.7 Å². The number of hydrogen-bond acceptors (Lipinski definition) is 4. The van der Waals surface area contributed by atoms with Gasteiger partial charge >= 0.3 is 5.97 Å². The first-order chi connectivity index (χ1) is 12.9. The molecule has 1 aliphatic heterocycles. The Hall–Kier alpha value is -2.82. The predicted molar refractivity (Wildman–Crippen MR) is 104 cm³/mol. The molecular weight excluding hydrogens is 342 g/mol. The van der Waals surface area contributed by atoms with E-state index in [9.17, 15) is 9.59 Å². The van der Waals surface area contributed by atoms with Crippen LogP contribution in [0.3, 0.4) is 0 Å². The minimum atomic E-state index is -0.556. The van der Waals surface area contributed by atoms with Crippen LogP contribution in [0.5, 0.6) is 5.75 Å². The van der Waals surface area contributed by atoms with Crippen LogP contribution in [0.15, 0.2) is 48.5 Å². The highest BCUT2D eigenvalue weighted by Crippen LogP contribution is 2.31. The summed E-state index contributed by atoms with van der Waals surface area (Å²) in [6, 6.07) is 15.4. The minimum Gasteiger partial charge on any atom is -0.482 e. The van der Waals surface area contributed by atoms with Gasteiger partial charge in [-0.25, -0.2) is 4.79 Å². The van der Waals surface area contributed by atoms with Crippen molar-refractivity contribution in [2.45, 2.75) is 32.6 Å². The molecule has 0 radical (unpaired) electrons. The van der Waals surface area contributed by atoms with Crippen LogP contribution < -0.4 is 9.64 Å². The number of hydrogen-bond donors (Lipinski definition) is 0. The van der Waals surface area contributed by atoms with Crippen LogP contribution in [-0.4, -0.2) is 31.6 Å². The summed E-state index contributed by atoms with van der Waals surface area (Å²) in [5.74, 6) is -0.121. The van der Waals surface area contributed by atoms with Crippen molar-refractivity contribution in [1.29, 1.82) is 0 Å². The first-order valence-electron chi connectivity index (χ1n) is 9.12. The van der Waals surface area contributed by atoms with Crippen LogP contribution in [0.25, 0.3) is 0 Å². The molecule has 5 heteroatoms. The fourth-order valence-electron chi connectivity index (χ4n) is 3.21. The summed E-state index contributed by atoms with van der Waals surface area (Å²) < 4.78 is 10.8. The number of anilines is 1. The molecule has 0 spiro atoms. The van der Waals surface area contributed by atoms with Crippen LogP contribution in [-0.2, 0) is 26.2 Å². The molecule has 27 heavy (non-hydrogen) atoms. The molecule has 5 nitrogen and oxygen atoms in total. The lowest BCUT2D eigenvalue weighted by Gasteiger charge is -2.22. The van der Waals surface area contributed by atoms with Crippen molar-refractivity contribution in [2.24, 2.45) is 0 Å². The predicted octanol–water partition coefficient (Wildman–Crippen LogP) is 3.50. The Morgan fingerprint density at radius 3 is 2.48 bits per heavy atom. The van der Waals surface area contributed by atoms with Crippen molar-refractivity contribution >= 4 is 17.6 Å². The fraction of sp³-hybridized carbons (Fsp3) is 0.364. The van der Waals surface area contributed by atoms with Crippen LogP contribution in [0.4, 0.5) is 5.69 Å². The fourth-order valence-corrected chi connectivity index (χ4v) is 3.21. The molecule has 2 aromatic carbocycles. The molecule has 1 heterocycles. The number of benzene rings is 2. The maximum absolute atomic E-state index is 12.4. The van der Waals surface area contributed by atoms with Crippen LogP contribution in [0, 0.1) is 0 Å². The zero-order chi connectivity index (χ0) is 19.4. The van der Waals surface area contributed by atoms with E-state index in [4.69, 9.17) is 9.47 Å². The normalized spacial score (nSPS) is 13.2. The molecule has 0 bridgehead atoms. The Balaban J connectivity index is 1.52. The monoisotopic (exact) mass is 367 g/mol. The van der Waals surface area contributed by atoms with E-state index in [0.717, 1.165) is 23.2 Å². The third-order valence-electron chi connectivity index (χ3n) is 4.59. The first kappa shape index (κ1) is 19.0. The molecule has 1 aliphatic rings. The molecule has 0 aromatic heterocycles. The highest BCUT2D eigenvalue weighted by Gasteiger charge is 2.25. The maximum atomic E-state index is 12.4. The molecule has 3 rings (SSSR count). The van der Waals surface area contributed by atoms with Gasteiger partial charge in [-0.15, -0.1) is 0 Å². The van der Waals surface area contributed by atoms with Crippen LogP contribution in [0.2, 0.25) is 0 Å². The summed E-state index contributed by atoms with van der Waals surface area (Å²) in [5.41, 5.74) is 2.95. The molecule has 0 saturated carbocycles. The third kappa shape index (κ3) is 4.48. The van der Waals surface area contributed by atoms with Gasteiger partial charge < -0.3 is 14.4 Å². The number of fused-ring (bicyclic) bond motifs is 1. The van der Waals surface area contributed by atoms with Gasteiger partial charge in [0.25, 0.3) is 5.91 Å². The van der Waals surface area contributed by atoms with Crippen molar-refractivity contribution in [3.63, 3.8) is 0 Å². The van der Waals surface area contributed by atoms with E-state index in [1.165, 1.54) is 0 Å². The van der Waals surface area contributed by atoms with Gasteiger partial charge in [-0.05, 0) is 35.1 Å². The summed E-state index contributed by atoms with van der Waals surface area (Å²) in [6.07, 6.45) is 0.822. The van der Waals surface area contributed by atoms with Crippen molar-refractivity contribution in [1.82, 2.24) is 0 Å². The summed E-state index contributed by atoms with van der Waals surface area (Å²) in [5, 5.41) is 0. The van der Waals surface area contributed by atoms with E-state index in [-0.39, 0.29) is 24.5 Å². The topological polar surface area (TPSA) is 55.8 Å². The number of carbonyl (C=O) groups is 2. The third-order valence-corrected chi connectivity index (χ3v) is 4.59. The Morgan fingerprint density at radius 2 is 1.70 bits per heavy atom. The quantitative estimate of drug-likeness (QED) is 0.759. The average molecular weight is 367 g/mol. The second kappa shape index (κ2) is 7.82. The molecule has 0 saturated heterocycles. The number of nitrogens with zero attached hydrogens (tertiary/aromatic N) is 1. The van der Waals surface area contributed by atoms with E-state index >= 15 is 0 Å². The van der Waals surface area contributed by atoms with Crippen molar-refractivity contribution < 1.29 is 19.1 Å². The van der Waals surface area contributed by atoms with E-state index in [0.29, 0.717) is 12.3 Å². The lowest BCUT2D eigenvalue weighted by atomic mass is 9.86. The van der Waals surface area contributed by atoms with Gasteiger partial charge in [-0.1, -0.05) is 57.2 Å². The average Bonchev–Trinajstić information content (AvgIpc) is 3.08. The Morgan fingerprint density at radius 1 is 1.00 bits per heavy atom. The Labute approximate surface area is 159 Å². The molecule has 0 N–H and O–H groups in total. The summed E-state index contributed by atoms with van der Waals surface area (Å²) in [6.45, 7) is 6.36. The van der Waals surface area contributed by atoms with E-state index in [1.54, 1.807) is 4.90 Å². The first-order valence-corrected chi connectivity index (χ1v) is 9.12. The zero-order valence-corrected chi connectivity index (χ0v) is 16.0. The van der Waals surface area contributed by atoms with Gasteiger partial charge in [0.2, 0.25) is 0 Å². The molecule has 142 valence electrons. The molecular formula is C22H25NO4. The molecule has 0 fully saturated rings. The van der Waals surface area contributed by atoms with Gasteiger partial charge in [-0.2, -0.15) is 0 Å². The largest absolute Gasteiger partial charge is 0.482 e. The highest BCUT2D eigenvalue weighted by atomic mass is 16.6. The Kier molecular flexibility index (Phi) is 5.49. The van der Waals surface area contributed by atoms with Gasteiger partial charge in [0.15, 0.2) is 13.2 Å². The van der Waals surface area contributed by atoms with Crippen LogP contribution in [0.1, 0.15) is 31.9 Å². The lowest BCUT2D eigenvalue weighted by Crippen LogP contribution is -2.33. The van der Waals surface area contributed by atoms with Gasteiger partial charge in [0.05, 0.1) is 0 Å². The van der Waals surface area contributed by atoms with Crippen molar-refractivity contribution in [3.8, 4) is 5.75 Å². The summed E-state index contributed by atoms with van der Waals surface area (Å²) >= 11 is 0. The lowest BCUT2D eigenvalue weighted by molar-refractivity contribution is -0.149. The minimum absolute atomic E-state index is 0.0976.